The zero-order valence-electron chi connectivity index (χ0n) is 17.7. The minimum atomic E-state index is -3.17. The van der Waals surface area contributed by atoms with Gasteiger partial charge in [0.05, 0.1) is 31.8 Å². The molecular weight excluding hydrogens is 439 g/mol. The van der Waals surface area contributed by atoms with E-state index in [1.165, 1.54) is 4.90 Å². The number of benzene rings is 2. The first-order chi connectivity index (χ1) is 15.3. The van der Waals surface area contributed by atoms with Crippen LogP contribution in [0.2, 0.25) is 0 Å². The topological polar surface area (TPSA) is 55.8 Å². The number of hydrogen-bond acceptors (Lipinski definition) is 4. The molecule has 0 spiro atoms. The molecule has 5 nitrogen and oxygen atoms in total. The van der Waals surface area contributed by atoms with Crippen LogP contribution in [0.15, 0.2) is 48.5 Å². The molecule has 2 amide bonds. The van der Waals surface area contributed by atoms with Gasteiger partial charge in [-0.05, 0) is 17.5 Å². The number of alkyl halides is 2. The third-order valence-corrected chi connectivity index (χ3v) is 6.66. The lowest BCUT2D eigenvalue weighted by Gasteiger charge is -2.40. The summed E-state index contributed by atoms with van der Waals surface area (Å²) in [6, 6.07) is 11.2. The molecule has 0 radical (unpaired) electrons. The summed E-state index contributed by atoms with van der Waals surface area (Å²) < 4.78 is 48.2. The minimum absolute atomic E-state index is 0.0494. The summed E-state index contributed by atoms with van der Waals surface area (Å²) in [4.78, 5) is 15.4. The molecule has 2 heterocycles. The highest BCUT2D eigenvalue weighted by Crippen LogP contribution is 2.37. The summed E-state index contributed by atoms with van der Waals surface area (Å²) in [6.07, 6.45) is -0.684. The maximum absolute atomic E-state index is 15.4. The molecule has 0 bridgehead atoms. The fraction of sp³-hybridized carbons (Fsp3) is 0.435. The zero-order valence-corrected chi connectivity index (χ0v) is 18.5. The number of amides is 2. The van der Waals surface area contributed by atoms with Crippen molar-refractivity contribution in [1.82, 2.24) is 14.5 Å². The van der Waals surface area contributed by atoms with E-state index in [1.54, 1.807) is 30.3 Å². The number of carbonyl (C=O) groups excluding carboxylic acids is 1. The van der Waals surface area contributed by atoms with Gasteiger partial charge in [-0.2, -0.15) is 0 Å². The predicted molar refractivity (Wildman–Crippen MR) is 119 cm³/mol. The number of rotatable bonds is 6. The van der Waals surface area contributed by atoms with Gasteiger partial charge in [0.1, 0.15) is 11.9 Å². The van der Waals surface area contributed by atoms with Crippen molar-refractivity contribution in [3.8, 4) is 11.1 Å². The van der Waals surface area contributed by atoms with Crippen molar-refractivity contribution in [2.45, 2.75) is 37.5 Å². The van der Waals surface area contributed by atoms with Crippen LogP contribution in [-0.4, -0.2) is 70.4 Å². The van der Waals surface area contributed by atoms with Gasteiger partial charge in [0.15, 0.2) is 0 Å². The Morgan fingerprint density at radius 3 is 2.56 bits per heavy atom. The number of urea groups is 1. The molecule has 172 valence electrons. The number of hydrogen-bond donors (Lipinski definition) is 2. The van der Waals surface area contributed by atoms with E-state index in [0.29, 0.717) is 16.9 Å². The molecule has 4 rings (SSSR count). The predicted octanol–water partition coefficient (Wildman–Crippen LogP) is 3.78. The lowest BCUT2D eigenvalue weighted by molar-refractivity contribution is -0.00924. The molecule has 2 aromatic rings. The Labute approximate surface area is 189 Å². The standard InChI is InChI=1S/C23H26F3N3O2S/c1-2-32-27-21-19(29(14-23(21,25)26)22(31)28-12-17(30)13-28)11-16-9-6-10-18(20(16)24)15-7-4-3-5-8-15/h3-10,17,19,21,27,30H,2,11-14H2,1H3/t19-,21+/m0/s1. The second-order valence-electron chi connectivity index (χ2n) is 8.18. The first kappa shape index (κ1) is 22.9. The number of likely N-dealkylation sites (tertiary alicyclic amines) is 2. The third-order valence-electron chi connectivity index (χ3n) is 5.95. The number of halogens is 3. The molecule has 2 atom stereocenters. The molecule has 2 fully saturated rings. The molecular formula is C23H26F3N3O2S. The first-order valence-corrected chi connectivity index (χ1v) is 11.6. The SMILES string of the molecule is CCSN[C@@H]1[C@H](Cc2cccc(-c3ccccc3)c2F)N(C(=O)N2CC(O)C2)CC1(F)F. The van der Waals surface area contributed by atoms with Crippen LogP contribution < -0.4 is 4.72 Å². The minimum Gasteiger partial charge on any atom is -0.389 e. The van der Waals surface area contributed by atoms with Crippen molar-refractivity contribution < 1.29 is 23.1 Å². The quantitative estimate of drug-likeness (QED) is 0.638. The highest BCUT2D eigenvalue weighted by Gasteiger charge is 2.57. The van der Waals surface area contributed by atoms with E-state index in [0.717, 1.165) is 16.8 Å². The van der Waals surface area contributed by atoms with Crippen LogP contribution in [0.4, 0.5) is 18.0 Å². The molecule has 9 heteroatoms. The molecule has 2 aliphatic heterocycles. The van der Waals surface area contributed by atoms with Crippen LogP contribution in [0.5, 0.6) is 0 Å². The summed E-state index contributed by atoms with van der Waals surface area (Å²) in [5, 5.41) is 9.53. The van der Waals surface area contributed by atoms with Crippen LogP contribution in [0.1, 0.15) is 12.5 Å². The van der Waals surface area contributed by atoms with Gasteiger partial charge >= 0.3 is 6.03 Å². The van der Waals surface area contributed by atoms with Crippen molar-refractivity contribution in [2.24, 2.45) is 0 Å². The van der Waals surface area contributed by atoms with E-state index >= 15 is 4.39 Å². The third kappa shape index (κ3) is 4.46. The molecule has 0 aromatic heterocycles. The van der Waals surface area contributed by atoms with Gasteiger partial charge in [-0.1, -0.05) is 67.4 Å². The number of carbonyl (C=O) groups is 1. The first-order valence-electron chi connectivity index (χ1n) is 10.6. The Hall–Kier alpha value is -2.23. The molecule has 2 aliphatic rings. The van der Waals surface area contributed by atoms with Crippen molar-refractivity contribution in [3.63, 3.8) is 0 Å². The number of nitrogens with zero attached hydrogens (tertiary/aromatic N) is 2. The molecule has 32 heavy (non-hydrogen) atoms. The maximum Gasteiger partial charge on any atom is 0.320 e. The molecule has 0 aliphatic carbocycles. The van der Waals surface area contributed by atoms with Gasteiger partial charge in [-0.3, -0.25) is 4.72 Å². The van der Waals surface area contributed by atoms with Gasteiger partial charge in [-0.15, -0.1) is 0 Å². The van der Waals surface area contributed by atoms with Gasteiger partial charge < -0.3 is 14.9 Å². The number of nitrogens with one attached hydrogen (secondary N) is 1. The summed E-state index contributed by atoms with van der Waals surface area (Å²) in [6.45, 7) is 1.33. The van der Waals surface area contributed by atoms with E-state index in [9.17, 15) is 18.7 Å². The monoisotopic (exact) mass is 465 g/mol. The summed E-state index contributed by atoms with van der Waals surface area (Å²) in [7, 11) is 0. The van der Waals surface area contributed by atoms with E-state index < -0.39 is 42.5 Å². The number of β-amino-alcohol motifs (C(OH)–C–C–N with tert-alkyl or cyclic N) is 1. The summed E-state index contributed by atoms with van der Waals surface area (Å²) >= 11 is 1.15. The lowest BCUT2D eigenvalue weighted by atomic mass is 9.95. The van der Waals surface area contributed by atoms with Crippen molar-refractivity contribution in [3.05, 3.63) is 59.9 Å². The summed E-state index contributed by atoms with van der Waals surface area (Å²) in [5.74, 6) is -3.06. The number of aliphatic hydroxyl groups excluding tert-OH is 1. The Morgan fingerprint density at radius 1 is 1.19 bits per heavy atom. The van der Waals surface area contributed by atoms with Crippen LogP contribution in [0, 0.1) is 5.82 Å². The highest BCUT2D eigenvalue weighted by atomic mass is 32.2. The molecule has 2 saturated heterocycles. The summed E-state index contributed by atoms with van der Waals surface area (Å²) in [5.41, 5.74) is 1.37. The van der Waals surface area contributed by atoms with Gasteiger partial charge in [0, 0.05) is 11.3 Å². The average Bonchev–Trinajstić information content (AvgIpc) is 3.01. The average molecular weight is 466 g/mol. The lowest BCUT2D eigenvalue weighted by Crippen LogP contribution is -2.59. The fourth-order valence-electron chi connectivity index (χ4n) is 4.28. The smallest absolute Gasteiger partial charge is 0.320 e. The van der Waals surface area contributed by atoms with Crippen molar-refractivity contribution in [1.29, 1.82) is 0 Å². The number of aliphatic hydroxyl groups is 1. The second-order valence-corrected chi connectivity index (χ2v) is 9.28. The molecule has 2 aromatic carbocycles. The van der Waals surface area contributed by atoms with E-state index in [2.05, 4.69) is 4.72 Å². The van der Waals surface area contributed by atoms with Gasteiger partial charge in [0.25, 0.3) is 5.92 Å². The Morgan fingerprint density at radius 2 is 1.91 bits per heavy atom. The Kier molecular flexibility index (Phi) is 6.69. The molecule has 0 unspecified atom stereocenters. The maximum atomic E-state index is 15.4. The molecule has 0 saturated carbocycles. The van der Waals surface area contributed by atoms with Crippen LogP contribution in [-0.2, 0) is 6.42 Å². The molecule has 2 N–H and O–H groups in total. The van der Waals surface area contributed by atoms with E-state index in [4.69, 9.17) is 0 Å². The van der Waals surface area contributed by atoms with E-state index in [-0.39, 0.29) is 25.1 Å². The fourth-order valence-corrected chi connectivity index (χ4v) is 4.95. The van der Waals surface area contributed by atoms with Gasteiger partial charge in [-0.25, -0.2) is 18.0 Å². The van der Waals surface area contributed by atoms with Crippen LogP contribution >= 0.6 is 11.9 Å². The van der Waals surface area contributed by atoms with Crippen LogP contribution in [0.25, 0.3) is 11.1 Å². The normalized spacial score (nSPS) is 22.8. The van der Waals surface area contributed by atoms with Gasteiger partial charge in [0.2, 0.25) is 0 Å². The van der Waals surface area contributed by atoms with Crippen LogP contribution in [0.3, 0.4) is 0 Å². The zero-order chi connectivity index (χ0) is 22.9. The largest absolute Gasteiger partial charge is 0.389 e. The van der Waals surface area contributed by atoms with Crippen molar-refractivity contribution >= 4 is 18.0 Å². The van der Waals surface area contributed by atoms with Crippen molar-refractivity contribution in [2.75, 3.05) is 25.4 Å². The Balaban J connectivity index is 1.65. The van der Waals surface area contributed by atoms with E-state index in [1.807, 2.05) is 25.1 Å². The highest BCUT2D eigenvalue weighted by molar-refractivity contribution is 7.97. The second kappa shape index (κ2) is 9.33. The Bertz CT molecular complexity index is 957.